The minimum absolute atomic E-state index is 0.0354. The smallest absolute Gasteiger partial charge is 0.229 e. The highest BCUT2D eigenvalue weighted by Gasteiger charge is 2.34. The summed E-state index contributed by atoms with van der Waals surface area (Å²) >= 11 is 12.6. The number of aliphatic imine (C=N–C) groups is 1. The van der Waals surface area contributed by atoms with Gasteiger partial charge in [0.15, 0.2) is 5.96 Å². The first-order chi connectivity index (χ1) is 15.5. The molecule has 0 aromatic carbocycles. The summed E-state index contributed by atoms with van der Waals surface area (Å²) in [4.78, 5) is 18.0. The first kappa shape index (κ1) is 24.5. The van der Waals surface area contributed by atoms with Crippen molar-refractivity contribution in [1.82, 2.24) is 21.1 Å². The molecule has 3 aliphatic carbocycles. The Labute approximate surface area is 201 Å². The highest BCUT2D eigenvalue weighted by molar-refractivity contribution is 6.21. The minimum Gasteiger partial charge on any atom is -0.353 e. The molecule has 3 N–H and O–H groups in total. The fourth-order valence-electron chi connectivity index (χ4n) is 5.76. The number of carbonyl (C=O) groups excluding carboxylic acids is 1. The average molecular weight is 490 g/mol. The summed E-state index contributed by atoms with van der Waals surface area (Å²) in [6.45, 7) is 0.877. The molecule has 0 spiro atoms. The van der Waals surface area contributed by atoms with Gasteiger partial charge in [0.05, 0.1) is 0 Å². The van der Waals surface area contributed by atoms with E-state index in [2.05, 4.69) is 21.1 Å². The maximum Gasteiger partial charge on any atom is 0.229 e. The Hall–Kier alpha value is -0.630. The van der Waals surface area contributed by atoms with Crippen molar-refractivity contribution in [2.45, 2.75) is 119 Å². The van der Waals surface area contributed by atoms with E-state index in [-0.39, 0.29) is 34.8 Å². The number of nitrogens with zero attached hydrogens (tertiary/aromatic N) is 2. The van der Waals surface area contributed by atoms with E-state index in [9.17, 15) is 9.18 Å². The van der Waals surface area contributed by atoms with Crippen LogP contribution in [0.3, 0.4) is 0 Å². The molecule has 0 aromatic rings. The third kappa shape index (κ3) is 6.71. The van der Waals surface area contributed by atoms with Crippen molar-refractivity contribution in [3.05, 3.63) is 0 Å². The van der Waals surface area contributed by atoms with Gasteiger partial charge in [0.2, 0.25) is 5.91 Å². The van der Waals surface area contributed by atoms with Crippen LogP contribution in [0.15, 0.2) is 4.99 Å². The van der Waals surface area contributed by atoms with Crippen LogP contribution >= 0.6 is 23.2 Å². The van der Waals surface area contributed by atoms with Crippen molar-refractivity contribution < 1.29 is 9.18 Å². The maximum absolute atomic E-state index is 14.2. The van der Waals surface area contributed by atoms with Crippen molar-refractivity contribution in [2.24, 2.45) is 10.9 Å². The SMILES string of the molecule is O=C(N/C(=N\C1CCNN1C1CCCCC1)NC1CC(F)CC(Cl)C1)C1CCCC(Cl)C1. The number of carbonyl (C=O) groups is 1. The number of hydrogen-bond acceptors (Lipinski definition) is 4. The van der Waals surface area contributed by atoms with Gasteiger partial charge < -0.3 is 5.32 Å². The Morgan fingerprint density at radius 2 is 1.75 bits per heavy atom. The monoisotopic (exact) mass is 489 g/mol. The Morgan fingerprint density at radius 3 is 2.50 bits per heavy atom. The summed E-state index contributed by atoms with van der Waals surface area (Å²) in [5.74, 6) is 0.325. The van der Waals surface area contributed by atoms with Crippen LogP contribution in [0.4, 0.5) is 4.39 Å². The van der Waals surface area contributed by atoms with E-state index in [0.29, 0.717) is 37.7 Å². The second-order valence-corrected chi connectivity index (χ2v) is 11.3. The Balaban J connectivity index is 1.47. The normalized spacial score (nSPS) is 37.9. The molecule has 3 saturated carbocycles. The van der Waals surface area contributed by atoms with E-state index in [1.54, 1.807) is 0 Å². The fourth-order valence-corrected chi connectivity index (χ4v) is 6.54. The maximum atomic E-state index is 14.2. The number of hydrazine groups is 1. The van der Waals surface area contributed by atoms with E-state index in [1.807, 2.05) is 0 Å². The zero-order valence-electron chi connectivity index (χ0n) is 18.9. The quantitative estimate of drug-likeness (QED) is 0.314. The molecular weight excluding hydrogens is 452 g/mol. The standard InChI is InChI=1S/C23H38Cl2FN5O/c24-16-6-4-5-15(11-16)22(32)30-23(28-19-13-17(25)12-18(26)14-19)29-21-9-10-27-31(21)20-7-2-1-3-8-20/h15-21,27H,1-14H2,(H2,28,29,30,32). The summed E-state index contributed by atoms with van der Waals surface area (Å²) in [6, 6.07) is 0.342. The number of nitrogens with one attached hydrogen (secondary N) is 3. The Morgan fingerprint density at radius 1 is 0.938 bits per heavy atom. The summed E-state index contributed by atoms with van der Waals surface area (Å²) < 4.78 is 14.2. The first-order valence-electron chi connectivity index (χ1n) is 12.6. The predicted octanol–water partition coefficient (Wildman–Crippen LogP) is 4.21. The largest absolute Gasteiger partial charge is 0.353 e. The highest BCUT2D eigenvalue weighted by atomic mass is 35.5. The van der Waals surface area contributed by atoms with Crippen LogP contribution in [-0.2, 0) is 4.79 Å². The number of alkyl halides is 3. The van der Waals surface area contributed by atoms with Gasteiger partial charge in [-0.25, -0.2) is 14.4 Å². The predicted molar refractivity (Wildman–Crippen MR) is 128 cm³/mol. The van der Waals surface area contributed by atoms with Gasteiger partial charge in [0, 0.05) is 35.3 Å². The van der Waals surface area contributed by atoms with Gasteiger partial charge in [-0.15, -0.1) is 23.2 Å². The van der Waals surface area contributed by atoms with Crippen LogP contribution in [0.2, 0.25) is 0 Å². The lowest BCUT2D eigenvalue weighted by atomic mass is 9.88. The van der Waals surface area contributed by atoms with Crippen LogP contribution in [0.5, 0.6) is 0 Å². The third-order valence-corrected chi connectivity index (χ3v) is 8.17. The molecule has 9 heteroatoms. The number of rotatable bonds is 4. The van der Waals surface area contributed by atoms with Crippen molar-refractivity contribution in [3.63, 3.8) is 0 Å². The molecule has 32 heavy (non-hydrogen) atoms. The number of amides is 1. The van der Waals surface area contributed by atoms with Gasteiger partial charge in [0.25, 0.3) is 0 Å². The van der Waals surface area contributed by atoms with Gasteiger partial charge in [-0.05, 0) is 57.8 Å². The van der Waals surface area contributed by atoms with Crippen LogP contribution in [0.25, 0.3) is 0 Å². The molecule has 1 heterocycles. The lowest BCUT2D eigenvalue weighted by Gasteiger charge is -2.34. The van der Waals surface area contributed by atoms with E-state index < -0.39 is 6.17 Å². The molecular formula is C23H38Cl2FN5O. The van der Waals surface area contributed by atoms with E-state index in [0.717, 1.165) is 32.2 Å². The van der Waals surface area contributed by atoms with E-state index in [4.69, 9.17) is 28.2 Å². The van der Waals surface area contributed by atoms with Crippen molar-refractivity contribution in [1.29, 1.82) is 0 Å². The molecule has 4 rings (SSSR count). The summed E-state index contributed by atoms with van der Waals surface area (Å²) in [5.41, 5.74) is 3.51. The zero-order valence-corrected chi connectivity index (χ0v) is 20.4. The lowest BCUT2D eigenvalue weighted by molar-refractivity contribution is -0.124. The van der Waals surface area contributed by atoms with Crippen molar-refractivity contribution in [3.8, 4) is 0 Å². The van der Waals surface area contributed by atoms with Gasteiger partial charge in [-0.1, -0.05) is 25.7 Å². The van der Waals surface area contributed by atoms with Crippen LogP contribution < -0.4 is 16.1 Å². The zero-order chi connectivity index (χ0) is 22.5. The molecule has 6 atom stereocenters. The number of guanidine groups is 1. The fraction of sp³-hybridized carbons (Fsp3) is 0.913. The Bertz CT molecular complexity index is 652. The summed E-state index contributed by atoms with van der Waals surface area (Å²) in [7, 11) is 0. The summed E-state index contributed by atoms with van der Waals surface area (Å²) in [6.07, 6.45) is 11.0. The van der Waals surface area contributed by atoms with Gasteiger partial charge >= 0.3 is 0 Å². The molecule has 1 amide bonds. The molecule has 4 fully saturated rings. The molecule has 4 aliphatic rings. The van der Waals surface area contributed by atoms with Gasteiger partial charge in [-0.2, -0.15) is 0 Å². The molecule has 1 aliphatic heterocycles. The first-order valence-corrected chi connectivity index (χ1v) is 13.4. The average Bonchev–Trinajstić information content (AvgIpc) is 3.21. The Kier molecular flexibility index (Phi) is 8.94. The van der Waals surface area contributed by atoms with Crippen molar-refractivity contribution in [2.75, 3.05) is 6.54 Å². The minimum atomic E-state index is -0.928. The molecule has 1 saturated heterocycles. The third-order valence-electron chi connectivity index (χ3n) is 7.42. The topological polar surface area (TPSA) is 68.8 Å². The van der Waals surface area contributed by atoms with Crippen LogP contribution in [0.1, 0.15) is 83.5 Å². The lowest BCUT2D eigenvalue weighted by Crippen LogP contribution is -2.52. The molecule has 0 radical (unpaired) electrons. The molecule has 182 valence electrons. The summed E-state index contributed by atoms with van der Waals surface area (Å²) in [5, 5.41) is 8.55. The van der Waals surface area contributed by atoms with Crippen molar-refractivity contribution >= 4 is 35.1 Å². The second-order valence-electron chi connectivity index (χ2n) is 10.0. The van der Waals surface area contributed by atoms with Gasteiger partial charge in [0.1, 0.15) is 12.3 Å². The van der Waals surface area contributed by atoms with Gasteiger partial charge in [-0.3, -0.25) is 15.5 Å². The van der Waals surface area contributed by atoms with E-state index in [1.165, 1.54) is 32.1 Å². The van der Waals surface area contributed by atoms with Crippen LogP contribution in [-0.4, -0.2) is 58.6 Å². The molecule has 6 nitrogen and oxygen atoms in total. The van der Waals surface area contributed by atoms with E-state index >= 15 is 0 Å². The molecule has 0 bridgehead atoms. The number of halogens is 3. The van der Waals surface area contributed by atoms with Crippen LogP contribution in [0, 0.1) is 5.92 Å². The molecule has 0 aromatic heterocycles. The second kappa shape index (κ2) is 11.7. The highest BCUT2D eigenvalue weighted by Crippen LogP contribution is 2.29. The number of hydrogen-bond donors (Lipinski definition) is 3. The molecule has 6 unspecified atom stereocenters.